The van der Waals surface area contributed by atoms with Crippen LogP contribution in [0.2, 0.25) is 0 Å². The molecule has 0 saturated heterocycles. The van der Waals surface area contributed by atoms with E-state index in [4.69, 9.17) is 9.47 Å². The van der Waals surface area contributed by atoms with Gasteiger partial charge in [0.05, 0.1) is 12.0 Å². The van der Waals surface area contributed by atoms with Gasteiger partial charge in [0.25, 0.3) is 0 Å². The maximum Gasteiger partial charge on any atom is 0.311 e. The van der Waals surface area contributed by atoms with Crippen LogP contribution in [0.5, 0.6) is 0 Å². The van der Waals surface area contributed by atoms with E-state index >= 15 is 0 Å². The van der Waals surface area contributed by atoms with Gasteiger partial charge in [0.15, 0.2) is 5.78 Å². The van der Waals surface area contributed by atoms with Crippen LogP contribution >= 0.6 is 0 Å². The molecule has 188 valence electrons. The third kappa shape index (κ3) is 6.78. The second kappa shape index (κ2) is 11.8. The fraction of sp³-hybridized carbons (Fsp3) is 0.607. The van der Waals surface area contributed by atoms with Crippen molar-refractivity contribution in [3.05, 3.63) is 47.1 Å². The van der Waals surface area contributed by atoms with Gasteiger partial charge in [-0.15, -0.1) is 0 Å². The van der Waals surface area contributed by atoms with Crippen LogP contribution in [-0.4, -0.2) is 41.1 Å². The van der Waals surface area contributed by atoms with Gasteiger partial charge in [-0.05, 0) is 64.0 Å². The lowest BCUT2D eigenvalue weighted by atomic mass is 9.58. The van der Waals surface area contributed by atoms with Gasteiger partial charge in [-0.1, -0.05) is 49.3 Å². The number of rotatable bonds is 8. The fourth-order valence-electron chi connectivity index (χ4n) is 4.75. The number of fused-ring (bicyclic) bond motifs is 1. The minimum Gasteiger partial charge on any atom is -0.463 e. The van der Waals surface area contributed by atoms with Crippen molar-refractivity contribution >= 4 is 17.7 Å². The average molecular weight is 473 g/mol. The number of hydrogen-bond acceptors (Lipinski definition) is 6. The Morgan fingerprint density at radius 1 is 1.24 bits per heavy atom. The molecule has 0 aromatic heterocycles. The Morgan fingerprint density at radius 3 is 2.53 bits per heavy atom. The molecule has 0 heterocycles. The molecule has 0 amide bonds. The van der Waals surface area contributed by atoms with Crippen molar-refractivity contribution in [1.29, 1.82) is 0 Å². The number of ether oxygens (including phenoxy) is 2. The van der Waals surface area contributed by atoms with Crippen LogP contribution in [0, 0.1) is 17.3 Å². The van der Waals surface area contributed by atoms with Gasteiger partial charge >= 0.3 is 11.9 Å². The predicted molar refractivity (Wildman–Crippen MR) is 132 cm³/mol. The molecule has 34 heavy (non-hydrogen) atoms. The highest BCUT2D eigenvalue weighted by molar-refractivity contribution is 6.06. The van der Waals surface area contributed by atoms with E-state index in [2.05, 4.69) is 13.8 Å². The molecule has 3 unspecified atom stereocenters. The summed E-state index contributed by atoms with van der Waals surface area (Å²) >= 11 is 0. The van der Waals surface area contributed by atoms with Crippen LogP contribution in [0.1, 0.15) is 74.1 Å². The summed E-state index contributed by atoms with van der Waals surface area (Å²) in [6.07, 6.45) is 9.79. The van der Waals surface area contributed by atoms with Gasteiger partial charge < -0.3 is 14.6 Å². The van der Waals surface area contributed by atoms with E-state index in [1.165, 1.54) is 6.92 Å². The first-order chi connectivity index (χ1) is 15.9. The van der Waals surface area contributed by atoms with Crippen LogP contribution in [0.3, 0.4) is 0 Å². The maximum absolute atomic E-state index is 12.8. The fourth-order valence-corrected chi connectivity index (χ4v) is 4.75. The summed E-state index contributed by atoms with van der Waals surface area (Å²) in [7, 11) is 0. The Morgan fingerprint density at radius 2 is 1.91 bits per heavy atom. The lowest BCUT2D eigenvalue weighted by Crippen LogP contribution is -2.45. The van der Waals surface area contributed by atoms with Gasteiger partial charge in [-0.3, -0.25) is 14.4 Å². The molecule has 2 rings (SSSR count). The normalized spacial score (nSPS) is 27.7. The summed E-state index contributed by atoms with van der Waals surface area (Å²) in [5.74, 6) is -1.29. The van der Waals surface area contributed by atoms with E-state index in [1.807, 2.05) is 19.9 Å². The second-order valence-corrected chi connectivity index (χ2v) is 10.2. The predicted octanol–water partition coefficient (Wildman–Crippen LogP) is 5.02. The number of carbonyl (C=O) groups is 3. The number of carbonyl (C=O) groups excluding carboxylic acids is 3. The first-order valence-corrected chi connectivity index (χ1v) is 12.2. The Bertz CT molecular complexity index is 904. The number of allylic oxidation sites excluding steroid dienone is 6. The van der Waals surface area contributed by atoms with Crippen molar-refractivity contribution in [2.24, 2.45) is 17.3 Å². The second-order valence-electron chi connectivity index (χ2n) is 10.2. The van der Waals surface area contributed by atoms with Crippen molar-refractivity contribution < 1.29 is 29.0 Å². The zero-order valence-electron chi connectivity index (χ0n) is 21.6. The first-order valence-electron chi connectivity index (χ1n) is 12.2. The Balaban J connectivity index is 1.96. The van der Waals surface area contributed by atoms with E-state index in [-0.39, 0.29) is 35.3 Å². The molecule has 6 nitrogen and oxygen atoms in total. The zero-order valence-corrected chi connectivity index (χ0v) is 21.6. The molecular weight excluding hydrogens is 432 g/mol. The molecule has 0 aromatic carbocycles. The molecule has 1 fully saturated rings. The Hall–Kier alpha value is -2.47. The monoisotopic (exact) mass is 472 g/mol. The van der Waals surface area contributed by atoms with Crippen LogP contribution in [-0.2, 0) is 23.9 Å². The minimum atomic E-state index is -0.974. The number of esters is 2. The zero-order chi connectivity index (χ0) is 25.6. The van der Waals surface area contributed by atoms with Crippen LogP contribution in [0.15, 0.2) is 47.1 Å². The van der Waals surface area contributed by atoms with Gasteiger partial charge in [0.1, 0.15) is 12.2 Å². The van der Waals surface area contributed by atoms with Crippen molar-refractivity contribution in [2.75, 3.05) is 0 Å². The summed E-state index contributed by atoms with van der Waals surface area (Å²) in [5, 5.41) is 10.4. The van der Waals surface area contributed by atoms with E-state index in [1.54, 1.807) is 38.2 Å². The van der Waals surface area contributed by atoms with Gasteiger partial charge in [0, 0.05) is 19.3 Å². The van der Waals surface area contributed by atoms with E-state index in [0.717, 1.165) is 23.1 Å². The maximum atomic E-state index is 12.8. The molecule has 0 radical (unpaired) electrons. The molecule has 6 atom stereocenters. The molecule has 0 aromatic rings. The lowest BCUT2D eigenvalue weighted by molar-refractivity contribution is -0.163. The summed E-state index contributed by atoms with van der Waals surface area (Å²) < 4.78 is 10.9. The van der Waals surface area contributed by atoms with Crippen molar-refractivity contribution in [1.82, 2.24) is 0 Å². The highest BCUT2D eigenvalue weighted by Gasteiger charge is 2.47. The topological polar surface area (TPSA) is 89.9 Å². The van der Waals surface area contributed by atoms with Crippen LogP contribution in [0.25, 0.3) is 0 Å². The van der Waals surface area contributed by atoms with Crippen molar-refractivity contribution in [2.45, 2.75) is 92.5 Å². The number of aliphatic hydroxyl groups excluding tert-OH is 1. The molecule has 0 aliphatic heterocycles. The molecule has 0 spiro atoms. The SMILES string of the molecule is CC(=O)OC(C)C/C=C/C=C/C(O)C(C)C(=O)O[C@@H]1CCC2=CC(=O)C(=C(C)C)C[C@]2(C)[C@H]1C. The quantitative estimate of drug-likeness (QED) is 0.303. The van der Waals surface area contributed by atoms with Crippen LogP contribution < -0.4 is 0 Å². The van der Waals surface area contributed by atoms with Gasteiger partial charge in [0.2, 0.25) is 0 Å². The number of aliphatic hydroxyl groups is 1. The molecule has 1 N–H and O–H groups in total. The molecule has 0 bridgehead atoms. The highest BCUT2D eigenvalue weighted by Crippen LogP contribution is 2.52. The standard InChI is InChI=1S/C28H40O6/c1-17(2)23-16-28(7)20(5)26(14-13-22(28)15-25(23)31)34-27(32)19(4)24(30)12-10-8-9-11-18(3)33-21(6)29/h8-10,12,15,18-20,24,26,30H,11,13-14,16H2,1-7H3/b9-8+,12-10+/t18?,19?,20-,24?,26+,28+/m0/s1. The molecule has 1 saturated carbocycles. The average Bonchev–Trinajstić information content (AvgIpc) is 2.75. The van der Waals surface area contributed by atoms with Gasteiger partial charge in [-0.25, -0.2) is 0 Å². The molecule has 2 aliphatic carbocycles. The van der Waals surface area contributed by atoms with Crippen LogP contribution in [0.4, 0.5) is 0 Å². The van der Waals surface area contributed by atoms with Gasteiger partial charge in [-0.2, -0.15) is 0 Å². The highest BCUT2D eigenvalue weighted by atomic mass is 16.5. The molecular formula is C28H40O6. The summed E-state index contributed by atoms with van der Waals surface area (Å²) in [6, 6.07) is 0. The first kappa shape index (κ1) is 27.8. The minimum absolute atomic E-state index is 0.0564. The Kier molecular flexibility index (Phi) is 9.63. The Labute approximate surface area is 203 Å². The molecule has 2 aliphatic rings. The molecule has 6 heteroatoms. The van der Waals surface area contributed by atoms with E-state index in [0.29, 0.717) is 19.3 Å². The third-order valence-corrected chi connectivity index (χ3v) is 7.29. The summed E-state index contributed by atoms with van der Waals surface area (Å²) in [6.45, 7) is 13.0. The number of ketones is 1. The van der Waals surface area contributed by atoms with Crippen molar-refractivity contribution in [3.8, 4) is 0 Å². The van der Waals surface area contributed by atoms with E-state index < -0.39 is 18.0 Å². The summed E-state index contributed by atoms with van der Waals surface area (Å²) in [4.78, 5) is 36.2. The smallest absolute Gasteiger partial charge is 0.311 e. The van der Waals surface area contributed by atoms with E-state index in [9.17, 15) is 19.5 Å². The summed E-state index contributed by atoms with van der Waals surface area (Å²) in [5.41, 5.74) is 2.81. The lowest BCUT2D eigenvalue weighted by Gasteiger charge is -2.48. The number of hydrogen-bond donors (Lipinski definition) is 1. The van der Waals surface area contributed by atoms with Crippen molar-refractivity contribution in [3.63, 3.8) is 0 Å². The largest absolute Gasteiger partial charge is 0.463 e. The third-order valence-electron chi connectivity index (χ3n) is 7.29.